The predicted molar refractivity (Wildman–Crippen MR) is 148 cm³/mol. The van der Waals surface area contributed by atoms with Gasteiger partial charge in [0, 0.05) is 43.1 Å². The average Bonchev–Trinajstić information content (AvgIpc) is 3.56. The minimum absolute atomic E-state index is 0.0594. The van der Waals surface area contributed by atoms with Crippen LogP contribution in [0.5, 0.6) is 0 Å². The molecule has 0 radical (unpaired) electrons. The van der Waals surface area contributed by atoms with E-state index in [4.69, 9.17) is 21.8 Å². The van der Waals surface area contributed by atoms with Gasteiger partial charge in [0.1, 0.15) is 17.2 Å². The Morgan fingerprint density at radius 3 is 2.52 bits per heavy atom. The quantitative estimate of drug-likeness (QED) is 0.197. The number of ketones is 1. The number of aromatic nitrogens is 1. The van der Waals surface area contributed by atoms with Crippen molar-refractivity contribution in [1.82, 2.24) is 9.88 Å². The molecule has 0 aliphatic carbocycles. The second kappa shape index (κ2) is 11.2. The molecule has 10 heteroatoms. The number of furan rings is 1. The lowest BCUT2D eigenvalue weighted by Gasteiger charge is -2.16. The van der Waals surface area contributed by atoms with Crippen LogP contribution in [-0.2, 0) is 17.4 Å². The summed E-state index contributed by atoms with van der Waals surface area (Å²) < 4.78 is 47.6. The number of anilines is 1. The molecule has 0 saturated carbocycles. The van der Waals surface area contributed by atoms with Crippen molar-refractivity contribution in [3.63, 3.8) is 0 Å². The normalized spacial score (nSPS) is 15.8. The van der Waals surface area contributed by atoms with Gasteiger partial charge in [-0.15, -0.1) is 11.6 Å². The minimum Gasteiger partial charge on any atom is -0.460 e. The SMILES string of the molecule is Nc1ccc(/C=C/C(=O)CCc2cc3cc(-c4ccc(C(=O)N5CC[C@H](Cl)C5)cc4)cc(C(F)(F)F)c3o2)cn1. The van der Waals surface area contributed by atoms with Gasteiger partial charge >= 0.3 is 6.18 Å². The number of hydrogen-bond acceptors (Lipinski definition) is 5. The third-order valence-corrected chi connectivity index (χ3v) is 7.10. The Morgan fingerprint density at radius 1 is 1.10 bits per heavy atom. The van der Waals surface area contributed by atoms with Crippen LogP contribution in [0.2, 0.25) is 0 Å². The zero-order chi connectivity index (χ0) is 28.4. The molecule has 1 saturated heterocycles. The molecule has 0 spiro atoms. The van der Waals surface area contributed by atoms with E-state index < -0.39 is 11.7 Å². The molecule has 1 atom stereocenters. The highest BCUT2D eigenvalue weighted by molar-refractivity contribution is 6.21. The van der Waals surface area contributed by atoms with E-state index in [0.29, 0.717) is 41.2 Å². The number of carbonyl (C=O) groups excluding carboxylic acids is 2. The molecule has 2 aromatic heterocycles. The zero-order valence-electron chi connectivity index (χ0n) is 21.2. The lowest BCUT2D eigenvalue weighted by atomic mass is 9.99. The third kappa shape index (κ3) is 6.20. The maximum absolute atomic E-state index is 14.0. The number of benzene rings is 2. The average molecular weight is 568 g/mol. The van der Waals surface area contributed by atoms with Crippen LogP contribution in [0.25, 0.3) is 28.2 Å². The maximum Gasteiger partial charge on any atom is 0.420 e. The van der Waals surface area contributed by atoms with E-state index >= 15 is 0 Å². The topological polar surface area (TPSA) is 89.4 Å². The molecule has 1 aliphatic heterocycles. The van der Waals surface area contributed by atoms with Crippen LogP contribution in [0.3, 0.4) is 0 Å². The summed E-state index contributed by atoms with van der Waals surface area (Å²) in [6.07, 6.45) is 0.790. The molecule has 3 heterocycles. The Kier molecular flexibility index (Phi) is 7.67. The van der Waals surface area contributed by atoms with E-state index in [-0.39, 0.29) is 46.6 Å². The van der Waals surface area contributed by atoms with Gasteiger partial charge in [-0.05, 0) is 77.7 Å². The number of alkyl halides is 4. The van der Waals surface area contributed by atoms with Gasteiger partial charge < -0.3 is 15.1 Å². The Morgan fingerprint density at radius 2 is 1.88 bits per heavy atom. The third-order valence-electron chi connectivity index (χ3n) is 6.74. The molecule has 0 unspecified atom stereocenters. The van der Waals surface area contributed by atoms with Crippen molar-refractivity contribution in [2.45, 2.75) is 30.8 Å². The molecular formula is C30H25ClF3N3O3. The van der Waals surface area contributed by atoms with Crippen LogP contribution in [0, 0.1) is 0 Å². The highest BCUT2D eigenvalue weighted by atomic mass is 35.5. The van der Waals surface area contributed by atoms with Gasteiger partial charge in [0.2, 0.25) is 0 Å². The van der Waals surface area contributed by atoms with E-state index in [1.807, 2.05) is 0 Å². The van der Waals surface area contributed by atoms with Gasteiger partial charge in [0.25, 0.3) is 5.91 Å². The van der Waals surface area contributed by atoms with Crippen LogP contribution in [0.4, 0.5) is 19.0 Å². The molecular weight excluding hydrogens is 543 g/mol. The first-order valence-corrected chi connectivity index (χ1v) is 13.1. The molecule has 5 rings (SSSR count). The molecule has 40 heavy (non-hydrogen) atoms. The summed E-state index contributed by atoms with van der Waals surface area (Å²) in [4.78, 5) is 30.7. The first kappa shape index (κ1) is 27.5. The van der Waals surface area contributed by atoms with E-state index in [1.54, 1.807) is 53.4 Å². The lowest BCUT2D eigenvalue weighted by molar-refractivity contribution is -0.136. The van der Waals surface area contributed by atoms with Gasteiger partial charge in [0.15, 0.2) is 5.78 Å². The van der Waals surface area contributed by atoms with E-state index in [9.17, 15) is 22.8 Å². The lowest BCUT2D eigenvalue weighted by Crippen LogP contribution is -2.28. The molecule has 1 amide bonds. The summed E-state index contributed by atoms with van der Waals surface area (Å²) in [6.45, 7) is 1.05. The van der Waals surface area contributed by atoms with Gasteiger partial charge in [-0.2, -0.15) is 13.2 Å². The summed E-state index contributed by atoms with van der Waals surface area (Å²) in [5.41, 5.74) is 6.38. The first-order valence-electron chi connectivity index (χ1n) is 12.7. The fourth-order valence-corrected chi connectivity index (χ4v) is 4.90. The van der Waals surface area contributed by atoms with Gasteiger partial charge in [-0.25, -0.2) is 4.98 Å². The molecule has 206 valence electrons. The van der Waals surface area contributed by atoms with Crippen LogP contribution in [-0.4, -0.2) is 40.0 Å². The number of hydrogen-bond donors (Lipinski definition) is 1. The van der Waals surface area contributed by atoms with Crippen LogP contribution >= 0.6 is 11.6 Å². The monoisotopic (exact) mass is 567 g/mol. The van der Waals surface area contributed by atoms with Crippen molar-refractivity contribution in [2.24, 2.45) is 0 Å². The van der Waals surface area contributed by atoms with Crippen molar-refractivity contribution in [3.8, 4) is 11.1 Å². The molecule has 2 aromatic carbocycles. The van der Waals surface area contributed by atoms with Crippen molar-refractivity contribution < 1.29 is 27.2 Å². The standard InChI is InChI=1S/C30H25ClF3N3O3/c31-23-11-12-37(17-23)29(39)20-5-3-19(4-6-20)21-13-22-14-25(40-28(22)26(15-21)30(32,33)34)9-8-24(38)7-1-18-2-10-27(35)36-16-18/h1-7,10,13-16,23H,8-9,11-12,17H2,(H2,35,36)/b7-1+/t23-/m0/s1. The first-order chi connectivity index (χ1) is 19.1. The molecule has 4 aromatic rings. The highest BCUT2D eigenvalue weighted by Crippen LogP contribution is 2.39. The number of fused-ring (bicyclic) bond motifs is 1. The summed E-state index contributed by atoms with van der Waals surface area (Å²) in [5.74, 6) is 0.275. The number of allylic oxidation sites excluding steroid dienone is 1. The number of pyridine rings is 1. The van der Waals surface area contributed by atoms with Crippen LogP contribution in [0.1, 0.15) is 40.1 Å². The van der Waals surface area contributed by atoms with E-state index in [1.165, 1.54) is 18.3 Å². The fraction of sp³-hybridized carbons (Fsp3) is 0.233. The smallest absolute Gasteiger partial charge is 0.420 e. The number of likely N-dealkylation sites (tertiary alicyclic amines) is 1. The second-order valence-corrected chi connectivity index (χ2v) is 10.3. The Labute approximate surface area is 233 Å². The van der Waals surface area contributed by atoms with Crippen LogP contribution < -0.4 is 5.73 Å². The number of nitrogens with two attached hydrogens (primary N) is 1. The molecule has 0 bridgehead atoms. The molecule has 1 aliphatic rings. The molecule has 1 fully saturated rings. The summed E-state index contributed by atoms with van der Waals surface area (Å²) in [7, 11) is 0. The number of nitrogens with zero attached hydrogens (tertiary/aromatic N) is 2. The number of rotatable bonds is 7. The highest BCUT2D eigenvalue weighted by Gasteiger charge is 2.35. The number of aryl methyl sites for hydroxylation is 1. The van der Waals surface area contributed by atoms with E-state index in [2.05, 4.69) is 4.98 Å². The Balaban J connectivity index is 1.35. The van der Waals surface area contributed by atoms with Crippen molar-refractivity contribution >= 4 is 46.2 Å². The van der Waals surface area contributed by atoms with Crippen molar-refractivity contribution in [2.75, 3.05) is 18.8 Å². The van der Waals surface area contributed by atoms with E-state index in [0.717, 1.165) is 12.5 Å². The number of nitrogen functional groups attached to an aromatic ring is 1. The maximum atomic E-state index is 14.0. The van der Waals surface area contributed by atoms with Gasteiger partial charge in [-0.3, -0.25) is 9.59 Å². The molecule has 2 N–H and O–H groups in total. The molecule has 6 nitrogen and oxygen atoms in total. The van der Waals surface area contributed by atoms with Gasteiger partial charge in [-0.1, -0.05) is 12.1 Å². The Hall–Kier alpha value is -4.11. The summed E-state index contributed by atoms with van der Waals surface area (Å²) >= 11 is 6.10. The van der Waals surface area contributed by atoms with Crippen molar-refractivity contribution in [3.05, 3.63) is 89.3 Å². The largest absolute Gasteiger partial charge is 0.460 e. The fourth-order valence-electron chi connectivity index (χ4n) is 4.63. The number of amides is 1. The zero-order valence-corrected chi connectivity index (χ0v) is 22.0. The van der Waals surface area contributed by atoms with Gasteiger partial charge in [0.05, 0.1) is 10.9 Å². The van der Waals surface area contributed by atoms with Crippen molar-refractivity contribution in [1.29, 1.82) is 0 Å². The second-order valence-electron chi connectivity index (χ2n) is 9.68. The van der Waals surface area contributed by atoms with Crippen LogP contribution in [0.15, 0.2) is 71.3 Å². The predicted octanol–water partition coefficient (Wildman–Crippen LogP) is 6.76. The Bertz CT molecular complexity index is 1580. The summed E-state index contributed by atoms with van der Waals surface area (Å²) in [5, 5.41) is 0.207. The summed E-state index contributed by atoms with van der Waals surface area (Å²) in [6, 6.07) is 14.0. The number of carbonyl (C=O) groups is 2. The minimum atomic E-state index is -4.65. The number of halogens is 4.